The normalized spacial score (nSPS) is 13.6. The average molecular weight is 364 g/mol. The molecule has 1 aliphatic heterocycles. The monoisotopic (exact) mass is 364 g/mol. The molecule has 8 heteroatoms. The van der Waals surface area contributed by atoms with Crippen LogP contribution in [0.4, 0.5) is 11.4 Å². The highest BCUT2D eigenvalue weighted by atomic mass is 32.2. The van der Waals surface area contributed by atoms with Gasteiger partial charge in [-0.05, 0) is 24.3 Å². The Morgan fingerprint density at radius 2 is 1.92 bits per heavy atom. The van der Waals surface area contributed by atoms with Gasteiger partial charge in [0, 0.05) is 19.2 Å². The summed E-state index contributed by atoms with van der Waals surface area (Å²) in [5.41, 5.74) is 1.35. The van der Waals surface area contributed by atoms with Gasteiger partial charge < -0.3 is 19.1 Å². The number of nitrogens with one attached hydrogen (secondary N) is 1. The molecule has 2 aromatic carbocycles. The first-order valence-corrected chi connectivity index (χ1v) is 9.16. The Balaban J connectivity index is 1.92. The molecule has 134 valence electrons. The minimum absolute atomic E-state index is 0.0338. The average Bonchev–Trinajstić information content (AvgIpc) is 2.60. The third kappa shape index (κ3) is 3.43. The molecule has 0 amide bonds. The third-order valence-corrected chi connectivity index (χ3v) is 5.39. The van der Waals surface area contributed by atoms with E-state index >= 15 is 0 Å². The predicted octanol–water partition coefficient (Wildman–Crippen LogP) is 2.33. The van der Waals surface area contributed by atoms with Gasteiger partial charge in [0.15, 0.2) is 0 Å². The van der Waals surface area contributed by atoms with Gasteiger partial charge in [0.2, 0.25) is 0 Å². The second kappa shape index (κ2) is 6.72. The van der Waals surface area contributed by atoms with Gasteiger partial charge in [-0.1, -0.05) is 0 Å². The van der Waals surface area contributed by atoms with E-state index < -0.39 is 10.0 Å². The largest absolute Gasteiger partial charge is 0.497 e. The lowest BCUT2D eigenvalue weighted by Gasteiger charge is -2.28. The van der Waals surface area contributed by atoms with Crippen LogP contribution in [-0.4, -0.2) is 42.8 Å². The molecule has 0 spiro atoms. The van der Waals surface area contributed by atoms with E-state index in [9.17, 15) is 8.42 Å². The van der Waals surface area contributed by atoms with Crippen molar-refractivity contribution >= 4 is 21.4 Å². The Kier molecular flexibility index (Phi) is 4.63. The Morgan fingerprint density at radius 3 is 2.64 bits per heavy atom. The van der Waals surface area contributed by atoms with E-state index in [-0.39, 0.29) is 10.6 Å². The summed E-state index contributed by atoms with van der Waals surface area (Å²) in [7, 11) is 1.06. The fraction of sp³-hybridized carbons (Fsp3) is 0.294. The summed E-state index contributed by atoms with van der Waals surface area (Å²) in [6, 6.07) is 9.76. The molecule has 2 aromatic rings. The smallest absolute Gasteiger partial charge is 0.265 e. The molecule has 0 atom stereocenters. The van der Waals surface area contributed by atoms with Crippen LogP contribution in [0.25, 0.3) is 0 Å². The van der Waals surface area contributed by atoms with Crippen molar-refractivity contribution in [3.05, 3.63) is 36.4 Å². The molecular formula is C17H20N2O5S. The lowest BCUT2D eigenvalue weighted by atomic mass is 10.2. The second-order valence-electron chi connectivity index (χ2n) is 5.57. The molecular weight excluding hydrogens is 344 g/mol. The van der Waals surface area contributed by atoms with E-state index in [4.69, 9.17) is 14.2 Å². The third-order valence-electron chi connectivity index (χ3n) is 3.97. The van der Waals surface area contributed by atoms with E-state index in [0.717, 1.165) is 12.2 Å². The molecule has 0 radical (unpaired) electrons. The van der Waals surface area contributed by atoms with Crippen molar-refractivity contribution in [2.24, 2.45) is 0 Å². The van der Waals surface area contributed by atoms with Crippen LogP contribution in [0.3, 0.4) is 0 Å². The molecule has 7 nitrogen and oxygen atoms in total. The second-order valence-corrected chi connectivity index (χ2v) is 7.23. The highest BCUT2D eigenvalue weighted by molar-refractivity contribution is 7.92. The number of anilines is 2. The zero-order valence-electron chi connectivity index (χ0n) is 14.3. The van der Waals surface area contributed by atoms with E-state index in [1.54, 1.807) is 18.2 Å². The molecule has 0 bridgehead atoms. The lowest BCUT2D eigenvalue weighted by molar-refractivity contribution is 0.311. The molecule has 25 heavy (non-hydrogen) atoms. The van der Waals surface area contributed by atoms with Crippen LogP contribution in [-0.2, 0) is 10.0 Å². The number of hydrogen-bond acceptors (Lipinski definition) is 6. The van der Waals surface area contributed by atoms with Crippen molar-refractivity contribution in [2.75, 3.05) is 44.0 Å². The number of ether oxygens (including phenoxy) is 3. The molecule has 1 aliphatic rings. The molecule has 0 saturated heterocycles. The topological polar surface area (TPSA) is 77.1 Å². The summed E-state index contributed by atoms with van der Waals surface area (Å²) in [6.07, 6.45) is 0. The number of methoxy groups -OCH3 is 2. The fourth-order valence-electron chi connectivity index (χ4n) is 2.63. The zero-order valence-corrected chi connectivity index (χ0v) is 15.1. The van der Waals surface area contributed by atoms with E-state index in [1.807, 2.05) is 13.1 Å². The molecule has 0 unspecified atom stereocenters. The highest BCUT2D eigenvalue weighted by Gasteiger charge is 2.22. The molecule has 3 rings (SSSR count). The summed E-state index contributed by atoms with van der Waals surface area (Å²) >= 11 is 0. The summed E-state index contributed by atoms with van der Waals surface area (Å²) < 4.78 is 43.9. The van der Waals surface area contributed by atoms with Gasteiger partial charge in [-0.3, -0.25) is 4.72 Å². The van der Waals surface area contributed by atoms with E-state index in [1.165, 1.54) is 26.4 Å². The standard InChI is InChI=1S/C17H20N2O5S/c1-19-8-9-24-15-10-12(4-6-14(15)19)18-25(20,21)17-7-5-13(22-2)11-16(17)23-3/h4-7,10-11,18H,8-9H2,1-3H3. The number of hydrogen-bond donors (Lipinski definition) is 1. The van der Waals surface area contributed by atoms with E-state index in [0.29, 0.717) is 23.8 Å². The van der Waals surface area contributed by atoms with Crippen LogP contribution in [0.1, 0.15) is 0 Å². The SMILES string of the molecule is COc1ccc(S(=O)(=O)Nc2ccc3c(c2)OCCN3C)c(OC)c1. The van der Waals surface area contributed by atoms with Crippen LogP contribution < -0.4 is 23.8 Å². The maximum atomic E-state index is 12.7. The van der Waals surface area contributed by atoms with Crippen LogP contribution in [0, 0.1) is 0 Å². The van der Waals surface area contributed by atoms with Crippen molar-refractivity contribution in [1.29, 1.82) is 0 Å². The number of fused-ring (bicyclic) bond motifs is 1. The van der Waals surface area contributed by atoms with Gasteiger partial charge in [0.25, 0.3) is 10.0 Å². The number of rotatable bonds is 5. The van der Waals surface area contributed by atoms with Crippen LogP contribution in [0.2, 0.25) is 0 Å². The van der Waals surface area contributed by atoms with Gasteiger partial charge in [-0.25, -0.2) is 8.42 Å². The van der Waals surface area contributed by atoms with Gasteiger partial charge in [0.05, 0.1) is 32.1 Å². The predicted molar refractivity (Wildman–Crippen MR) is 95.6 cm³/mol. The molecule has 1 heterocycles. The minimum Gasteiger partial charge on any atom is -0.497 e. The van der Waals surface area contributed by atoms with Gasteiger partial charge in [0.1, 0.15) is 28.8 Å². The van der Waals surface area contributed by atoms with Crippen molar-refractivity contribution in [1.82, 2.24) is 0 Å². The Morgan fingerprint density at radius 1 is 1.12 bits per heavy atom. The first-order chi connectivity index (χ1) is 11.9. The first kappa shape index (κ1) is 17.2. The quantitative estimate of drug-likeness (QED) is 0.877. The fourth-order valence-corrected chi connectivity index (χ4v) is 3.83. The van der Waals surface area contributed by atoms with Crippen molar-refractivity contribution in [2.45, 2.75) is 4.90 Å². The van der Waals surface area contributed by atoms with Gasteiger partial charge in [-0.15, -0.1) is 0 Å². The van der Waals surface area contributed by atoms with Gasteiger partial charge >= 0.3 is 0 Å². The minimum atomic E-state index is -3.82. The van der Waals surface area contributed by atoms with Crippen molar-refractivity contribution < 1.29 is 22.6 Å². The molecule has 0 aliphatic carbocycles. The maximum Gasteiger partial charge on any atom is 0.265 e. The van der Waals surface area contributed by atoms with Crippen molar-refractivity contribution in [3.63, 3.8) is 0 Å². The number of nitrogens with zero attached hydrogens (tertiary/aromatic N) is 1. The molecule has 0 fully saturated rings. The van der Waals surface area contributed by atoms with Gasteiger partial charge in [-0.2, -0.15) is 0 Å². The Hall–Kier alpha value is -2.61. The summed E-state index contributed by atoms with van der Waals surface area (Å²) in [4.78, 5) is 2.09. The highest BCUT2D eigenvalue weighted by Crippen LogP contribution is 2.35. The van der Waals surface area contributed by atoms with E-state index in [2.05, 4.69) is 9.62 Å². The molecule has 0 saturated carbocycles. The summed E-state index contributed by atoms with van der Waals surface area (Å²) in [6.45, 7) is 1.35. The number of likely N-dealkylation sites (N-methyl/N-ethyl adjacent to an activating group) is 1. The summed E-state index contributed by atoms with van der Waals surface area (Å²) in [5.74, 6) is 1.37. The Labute approximate surface area is 147 Å². The Bertz CT molecular complexity index is 883. The maximum absolute atomic E-state index is 12.7. The zero-order chi connectivity index (χ0) is 18.0. The van der Waals surface area contributed by atoms with Crippen LogP contribution in [0.15, 0.2) is 41.3 Å². The molecule has 1 N–H and O–H groups in total. The van der Waals surface area contributed by atoms with Crippen LogP contribution >= 0.6 is 0 Å². The van der Waals surface area contributed by atoms with Crippen molar-refractivity contribution in [3.8, 4) is 17.2 Å². The number of sulfonamides is 1. The lowest BCUT2D eigenvalue weighted by Crippen LogP contribution is -2.28. The summed E-state index contributed by atoms with van der Waals surface area (Å²) in [5, 5.41) is 0. The first-order valence-electron chi connectivity index (χ1n) is 7.67. The molecule has 0 aromatic heterocycles. The number of benzene rings is 2. The van der Waals surface area contributed by atoms with Crippen LogP contribution in [0.5, 0.6) is 17.2 Å².